The van der Waals surface area contributed by atoms with Crippen LogP contribution in [-0.4, -0.2) is 30.8 Å². The van der Waals surface area contributed by atoms with Crippen molar-refractivity contribution in [1.29, 1.82) is 0 Å². The number of nitro groups is 1. The van der Waals surface area contributed by atoms with Crippen LogP contribution in [0.2, 0.25) is 0 Å². The van der Waals surface area contributed by atoms with Crippen LogP contribution in [0.5, 0.6) is 17.2 Å². The van der Waals surface area contributed by atoms with Crippen LogP contribution in [0.1, 0.15) is 36.5 Å². The number of methoxy groups -OCH3 is 1. The minimum atomic E-state index is -0.828. The van der Waals surface area contributed by atoms with Gasteiger partial charge >= 0.3 is 0 Å². The average Bonchev–Trinajstić information content (AvgIpc) is 2.66. The molecule has 0 spiro atoms. The normalized spacial score (nSPS) is 10.9. The number of carbonyl (C=O) groups is 1. The number of hydrazone groups is 1. The van der Waals surface area contributed by atoms with Gasteiger partial charge in [-0.25, -0.2) is 5.43 Å². The van der Waals surface area contributed by atoms with E-state index in [1.165, 1.54) is 19.4 Å². The van der Waals surface area contributed by atoms with Gasteiger partial charge in [0.1, 0.15) is 11.5 Å². The first-order valence-corrected chi connectivity index (χ1v) is 8.81. The summed E-state index contributed by atoms with van der Waals surface area (Å²) in [5.74, 6) is -0.645. The molecule has 2 aromatic carbocycles. The van der Waals surface area contributed by atoms with E-state index in [1.54, 1.807) is 0 Å². The van der Waals surface area contributed by atoms with E-state index in [-0.39, 0.29) is 23.8 Å². The quantitative estimate of drug-likeness (QED) is 0.412. The van der Waals surface area contributed by atoms with Gasteiger partial charge in [-0.1, -0.05) is 26.0 Å². The van der Waals surface area contributed by atoms with E-state index < -0.39 is 22.3 Å². The molecular formula is C20H22N3O6-. The third-order valence-electron chi connectivity index (χ3n) is 4.03. The Morgan fingerprint density at radius 2 is 2.00 bits per heavy atom. The summed E-state index contributed by atoms with van der Waals surface area (Å²) in [6.45, 7) is 5.75. The SMILES string of the molecule is COc1cc(/C=N\NC(=O)COc2cc(C)ccc2C(C)C)cc([N+](=O)[O-])c1[O-]. The molecule has 0 aliphatic rings. The van der Waals surface area contributed by atoms with Crippen LogP contribution in [0.15, 0.2) is 35.4 Å². The number of hydrogen-bond donors (Lipinski definition) is 1. The van der Waals surface area contributed by atoms with Crippen molar-refractivity contribution in [3.05, 3.63) is 57.1 Å². The fraction of sp³-hybridized carbons (Fsp3) is 0.300. The summed E-state index contributed by atoms with van der Waals surface area (Å²) < 4.78 is 10.5. The summed E-state index contributed by atoms with van der Waals surface area (Å²) in [6, 6.07) is 8.15. The second-order valence-corrected chi connectivity index (χ2v) is 6.61. The topological polar surface area (TPSA) is 126 Å². The van der Waals surface area contributed by atoms with Crippen molar-refractivity contribution in [2.24, 2.45) is 5.10 Å². The van der Waals surface area contributed by atoms with Gasteiger partial charge in [-0.05, 0) is 36.1 Å². The van der Waals surface area contributed by atoms with Crippen LogP contribution in [0, 0.1) is 17.0 Å². The molecule has 9 nitrogen and oxygen atoms in total. The second-order valence-electron chi connectivity index (χ2n) is 6.61. The monoisotopic (exact) mass is 400 g/mol. The van der Waals surface area contributed by atoms with Gasteiger partial charge in [0.05, 0.1) is 18.2 Å². The summed E-state index contributed by atoms with van der Waals surface area (Å²) in [7, 11) is 1.23. The van der Waals surface area contributed by atoms with Gasteiger partial charge in [0, 0.05) is 17.4 Å². The van der Waals surface area contributed by atoms with E-state index >= 15 is 0 Å². The largest absolute Gasteiger partial charge is 0.865 e. The lowest BCUT2D eigenvalue weighted by Gasteiger charge is -2.14. The van der Waals surface area contributed by atoms with E-state index in [9.17, 15) is 20.0 Å². The first-order chi connectivity index (χ1) is 13.7. The third-order valence-corrected chi connectivity index (χ3v) is 4.03. The maximum atomic E-state index is 12.0. The van der Waals surface area contributed by atoms with Gasteiger partial charge in [0.25, 0.3) is 11.6 Å². The molecule has 29 heavy (non-hydrogen) atoms. The Labute approximate surface area is 168 Å². The summed E-state index contributed by atoms with van der Waals surface area (Å²) in [5, 5.41) is 26.5. The average molecular weight is 400 g/mol. The minimum absolute atomic E-state index is 0.184. The molecule has 0 bridgehead atoms. The number of nitrogens with zero attached hydrogens (tertiary/aromatic N) is 2. The number of carbonyl (C=O) groups excluding carboxylic acids is 1. The van der Waals surface area contributed by atoms with Crippen molar-refractivity contribution < 1.29 is 24.3 Å². The number of hydrogen-bond acceptors (Lipinski definition) is 7. The van der Waals surface area contributed by atoms with Crippen molar-refractivity contribution in [1.82, 2.24) is 5.43 Å². The minimum Gasteiger partial charge on any atom is -0.865 e. The van der Waals surface area contributed by atoms with Crippen LogP contribution >= 0.6 is 0 Å². The molecule has 0 atom stereocenters. The zero-order valence-corrected chi connectivity index (χ0v) is 16.6. The second kappa shape index (κ2) is 9.54. The summed E-state index contributed by atoms with van der Waals surface area (Å²) >= 11 is 0. The first kappa shape index (κ1) is 21.7. The van der Waals surface area contributed by atoms with Gasteiger partial charge in [0.2, 0.25) is 0 Å². The molecule has 0 saturated heterocycles. The molecule has 0 unspecified atom stereocenters. The van der Waals surface area contributed by atoms with Crippen LogP contribution < -0.4 is 20.0 Å². The predicted octanol–water partition coefficient (Wildman–Crippen LogP) is 2.64. The number of amides is 1. The van der Waals surface area contributed by atoms with E-state index in [1.807, 2.05) is 39.0 Å². The highest BCUT2D eigenvalue weighted by atomic mass is 16.6. The Morgan fingerprint density at radius 3 is 2.62 bits per heavy atom. The smallest absolute Gasteiger partial charge is 0.277 e. The molecule has 0 aromatic heterocycles. The maximum Gasteiger partial charge on any atom is 0.277 e. The predicted molar refractivity (Wildman–Crippen MR) is 106 cm³/mol. The van der Waals surface area contributed by atoms with Gasteiger partial charge in [-0.15, -0.1) is 0 Å². The Bertz CT molecular complexity index is 940. The Hall–Kier alpha value is -3.62. The Balaban J connectivity index is 2.03. The van der Waals surface area contributed by atoms with Crippen LogP contribution in [0.4, 0.5) is 5.69 Å². The summed E-state index contributed by atoms with van der Waals surface area (Å²) in [6.07, 6.45) is 1.18. The first-order valence-electron chi connectivity index (χ1n) is 8.81. The van der Waals surface area contributed by atoms with Gasteiger partial charge in [-0.3, -0.25) is 14.9 Å². The molecule has 0 saturated carbocycles. The van der Waals surface area contributed by atoms with Crippen molar-refractivity contribution in [3.63, 3.8) is 0 Å². The van der Waals surface area contributed by atoms with Gasteiger partial charge in [-0.2, -0.15) is 5.10 Å². The molecule has 0 aliphatic carbocycles. The number of aryl methyl sites for hydroxylation is 1. The molecule has 0 fully saturated rings. The number of nitro benzene ring substituents is 1. The van der Waals surface area contributed by atoms with E-state index in [2.05, 4.69) is 10.5 Å². The zero-order chi connectivity index (χ0) is 21.6. The molecule has 1 N–H and O–H groups in total. The van der Waals surface area contributed by atoms with E-state index in [0.717, 1.165) is 17.2 Å². The Kier molecular flexibility index (Phi) is 7.13. The molecule has 0 heterocycles. The lowest BCUT2D eigenvalue weighted by molar-refractivity contribution is -0.398. The number of rotatable bonds is 8. The fourth-order valence-electron chi connectivity index (χ4n) is 2.57. The van der Waals surface area contributed by atoms with Crippen molar-refractivity contribution >= 4 is 17.8 Å². The van der Waals surface area contributed by atoms with E-state index in [4.69, 9.17) is 9.47 Å². The van der Waals surface area contributed by atoms with Crippen LogP contribution in [0.3, 0.4) is 0 Å². The third kappa shape index (κ3) is 5.68. The van der Waals surface area contributed by atoms with Crippen molar-refractivity contribution in [2.75, 3.05) is 13.7 Å². The number of benzene rings is 2. The highest BCUT2D eigenvalue weighted by Gasteiger charge is 2.13. The molecule has 154 valence electrons. The molecule has 9 heteroatoms. The molecule has 0 aliphatic heterocycles. The zero-order valence-electron chi connectivity index (χ0n) is 16.6. The molecule has 2 rings (SSSR count). The molecule has 2 aromatic rings. The van der Waals surface area contributed by atoms with Crippen LogP contribution in [-0.2, 0) is 4.79 Å². The fourth-order valence-corrected chi connectivity index (χ4v) is 2.57. The standard InChI is InChI=1S/C20H23N3O6/c1-12(2)15-6-5-13(3)7-17(15)29-11-19(24)22-21-10-14-8-16(23(26)27)20(25)18(9-14)28-4/h5-10,12,25H,11H2,1-4H3,(H,22,24)/p-1/b21-10-. The molecule has 0 radical (unpaired) electrons. The number of ether oxygens (including phenoxy) is 2. The highest BCUT2D eigenvalue weighted by Crippen LogP contribution is 2.34. The number of nitrogens with one attached hydrogen (secondary N) is 1. The Morgan fingerprint density at radius 1 is 1.28 bits per heavy atom. The van der Waals surface area contributed by atoms with Crippen LogP contribution in [0.25, 0.3) is 0 Å². The van der Waals surface area contributed by atoms with E-state index in [0.29, 0.717) is 5.75 Å². The van der Waals surface area contributed by atoms with Gasteiger partial charge in [0.15, 0.2) is 6.61 Å². The van der Waals surface area contributed by atoms with Gasteiger partial charge < -0.3 is 14.6 Å². The molecule has 1 amide bonds. The highest BCUT2D eigenvalue weighted by molar-refractivity contribution is 5.85. The summed E-state index contributed by atoms with van der Waals surface area (Å²) in [5.41, 5.74) is 3.88. The van der Waals surface area contributed by atoms with Crippen molar-refractivity contribution in [3.8, 4) is 17.2 Å². The lowest BCUT2D eigenvalue weighted by atomic mass is 10.0. The van der Waals surface area contributed by atoms with Crippen molar-refractivity contribution in [2.45, 2.75) is 26.7 Å². The molecular weight excluding hydrogens is 378 g/mol. The summed E-state index contributed by atoms with van der Waals surface area (Å²) in [4.78, 5) is 22.2. The maximum absolute atomic E-state index is 12.0. The lowest BCUT2D eigenvalue weighted by Crippen LogP contribution is -2.25.